The Morgan fingerprint density at radius 1 is 1.19 bits per heavy atom. The summed E-state index contributed by atoms with van der Waals surface area (Å²) in [6, 6.07) is -0.196. The first-order chi connectivity index (χ1) is 12.2. The van der Waals surface area contributed by atoms with Crippen LogP contribution in [0.1, 0.15) is 47.0 Å². The summed E-state index contributed by atoms with van der Waals surface area (Å²) >= 11 is 0. The summed E-state index contributed by atoms with van der Waals surface area (Å²) in [6.07, 6.45) is 1.29. The molecule has 0 radical (unpaired) electrons. The molecule has 1 aliphatic rings. The Balaban J connectivity index is 2.49. The fourth-order valence-electron chi connectivity index (χ4n) is 3.05. The Labute approximate surface area is 157 Å². The molecule has 9 heteroatoms. The molecule has 1 aliphatic heterocycles. The van der Waals surface area contributed by atoms with E-state index in [9.17, 15) is 18.0 Å². The highest BCUT2D eigenvalue weighted by atomic mass is 32.2. The number of hydrogen-bond acceptors (Lipinski definition) is 5. The van der Waals surface area contributed by atoms with Crippen LogP contribution < -0.4 is 10.6 Å². The molecule has 8 nitrogen and oxygen atoms in total. The van der Waals surface area contributed by atoms with Gasteiger partial charge in [-0.05, 0) is 39.0 Å². The molecule has 0 bridgehead atoms. The van der Waals surface area contributed by atoms with Gasteiger partial charge in [-0.2, -0.15) is 0 Å². The van der Waals surface area contributed by atoms with E-state index in [4.69, 9.17) is 4.74 Å². The molecule has 2 amide bonds. The lowest BCUT2D eigenvalue weighted by atomic mass is 9.97. The maximum atomic E-state index is 12.4. The number of ether oxygens (including phenoxy) is 1. The number of carbonyl (C=O) groups is 2. The van der Waals surface area contributed by atoms with Gasteiger partial charge in [0.25, 0.3) is 0 Å². The van der Waals surface area contributed by atoms with Gasteiger partial charge in [-0.1, -0.05) is 13.8 Å². The summed E-state index contributed by atoms with van der Waals surface area (Å²) in [7, 11) is -3.19. The van der Waals surface area contributed by atoms with Gasteiger partial charge in [0, 0.05) is 31.6 Å². The van der Waals surface area contributed by atoms with Gasteiger partial charge in [0.1, 0.15) is 0 Å². The van der Waals surface area contributed by atoms with Crippen molar-refractivity contribution in [1.29, 1.82) is 0 Å². The summed E-state index contributed by atoms with van der Waals surface area (Å²) in [5.74, 6) is 0.167. The van der Waals surface area contributed by atoms with E-state index in [0.717, 1.165) is 6.42 Å². The van der Waals surface area contributed by atoms with Crippen molar-refractivity contribution >= 4 is 22.0 Å². The lowest BCUT2D eigenvalue weighted by Gasteiger charge is -2.30. The van der Waals surface area contributed by atoms with E-state index in [-0.39, 0.29) is 23.6 Å². The molecule has 0 aromatic rings. The molecule has 0 saturated carbocycles. The Kier molecular flexibility index (Phi) is 9.35. The zero-order valence-corrected chi connectivity index (χ0v) is 17.1. The SMILES string of the molecule is CCOC(=O)NC(CNC(=O)C1CCN(S(=O)(=O)CC)CC1)CC(C)C. The molecule has 1 atom stereocenters. The number of alkyl carbamates (subject to hydrolysis) is 1. The largest absolute Gasteiger partial charge is 0.450 e. The number of piperidine rings is 1. The van der Waals surface area contributed by atoms with Crippen molar-refractivity contribution in [2.45, 2.75) is 53.0 Å². The Morgan fingerprint density at radius 2 is 1.81 bits per heavy atom. The second-order valence-electron chi connectivity index (χ2n) is 7.01. The van der Waals surface area contributed by atoms with Crippen molar-refractivity contribution in [2.75, 3.05) is 32.0 Å². The van der Waals surface area contributed by atoms with Crippen molar-refractivity contribution in [3.63, 3.8) is 0 Å². The number of hydrogen-bond donors (Lipinski definition) is 2. The molecule has 0 aromatic heterocycles. The Bertz CT molecular complexity index is 557. The summed E-state index contributed by atoms with van der Waals surface area (Å²) in [6.45, 7) is 8.85. The van der Waals surface area contributed by atoms with Gasteiger partial charge < -0.3 is 15.4 Å². The predicted octanol–water partition coefficient (Wildman–Crippen LogP) is 1.33. The van der Waals surface area contributed by atoms with Crippen LogP contribution in [-0.2, 0) is 19.6 Å². The highest BCUT2D eigenvalue weighted by Gasteiger charge is 2.30. The molecule has 1 rings (SSSR count). The lowest BCUT2D eigenvalue weighted by molar-refractivity contribution is -0.126. The second-order valence-corrected chi connectivity index (χ2v) is 9.27. The van der Waals surface area contributed by atoms with Gasteiger partial charge in [0.15, 0.2) is 0 Å². The summed E-state index contributed by atoms with van der Waals surface area (Å²) in [5.41, 5.74) is 0. The van der Waals surface area contributed by atoms with Crippen LogP contribution in [0.3, 0.4) is 0 Å². The van der Waals surface area contributed by atoms with Crippen LogP contribution in [0.15, 0.2) is 0 Å². The first-order valence-electron chi connectivity index (χ1n) is 9.38. The normalized spacial score (nSPS) is 17.7. The Hall–Kier alpha value is -1.35. The predicted molar refractivity (Wildman–Crippen MR) is 100 cm³/mol. The molecular formula is C17H33N3O5S. The third kappa shape index (κ3) is 7.49. The van der Waals surface area contributed by atoms with Crippen LogP contribution in [0, 0.1) is 11.8 Å². The number of carbonyl (C=O) groups excluding carboxylic acids is 2. The van der Waals surface area contributed by atoms with Gasteiger partial charge in [0.2, 0.25) is 15.9 Å². The van der Waals surface area contributed by atoms with Crippen molar-refractivity contribution in [2.24, 2.45) is 11.8 Å². The van der Waals surface area contributed by atoms with Crippen LogP contribution in [-0.4, -0.2) is 62.8 Å². The minimum atomic E-state index is -3.19. The minimum Gasteiger partial charge on any atom is -0.450 e. The maximum Gasteiger partial charge on any atom is 0.407 e. The minimum absolute atomic E-state index is 0.0836. The second kappa shape index (κ2) is 10.7. The molecular weight excluding hydrogens is 358 g/mol. The third-order valence-corrected chi connectivity index (χ3v) is 6.34. The first-order valence-corrected chi connectivity index (χ1v) is 11.0. The topological polar surface area (TPSA) is 105 Å². The van der Waals surface area contributed by atoms with Gasteiger partial charge in [-0.3, -0.25) is 4.79 Å². The molecule has 1 unspecified atom stereocenters. The standard InChI is InChI=1S/C17H33N3O5S/c1-5-25-17(22)19-15(11-13(3)4)12-18-16(21)14-7-9-20(10-8-14)26(23,24)6-2/h13-15H,5-12H2,1-4H3,(H,18,21)(H,19,22). The molecule has 0 spiro atoms. The highest BCUT2D eigenvalue weighted by Crippen LogP contribution is 2.20. The fraction of sp³-hybridized carbons (Fsp3) is 0.882. The van der Waals surface area contributed by atoms with Gasteiger partial charge in [-0.15, -0.1) is 0 Å². The smallest absolute Gasteiger partial charge is 0.407 e. The van der Waals surface area contributed by atoms with Crippen molar-refractivity contribution in [1.82, 2.24) is 14.9 Å². The molecule has 2 N–H and O–H groups in total. The lowest BCUT2D eigenvalue weighted by Crippen LogP contribution is -2.48. The average Bonchev–Trinajstić information content (AvgIpc) is 2.59. The quantitative estimate of drug-likeness (QED) is 0.617. The van der Waals surface area contributed by atoms with Crippen LogP contribution in [0.25, 0.3) is 0 Å². The van der Waals surface area contributed by atoms with E-state index in [0.29, 0.717) is 45.0 Å². The van der Waals surface area contributed by atoms with E-state index in [1.165, 1.54) is 4.31 Å². The van der Waals surface area contributed by atoms with Crippen LogP contribution in [0.5, 0.6) is 0 Å². The molecule has 1 saturated heterocycles. The van der Waals surface area contributed by atoms with E-state index < -0.39 is 16.1 Å². The molecule has 1 fully saturated rings. The van der Waals surface area contributed by atoms with Gasteiger partial charge in [0.05, 0.1) is 12.4 Å². The number of rotatable bonds is 9. The number of nitrogens with one attached hydrogen (secondary N) is 2. The molecule has 0 aliphatic carbocycles. The van der Waals surface area contributed by atoms with Crippen LogP contribution >= 0.6 is 0 Å². The number of amides is 2. The highest BCUT2D eigenvalue weighted by molar-refractivity contribution is 7.89. The zero-order chi connectivity index (χ0) is 19.7. The Morgan fingerprint density at radius 3 is 2.31 bits per heavy atom. The third-order valence-electron chi connectivity index (χ3n) is 4.46. The van der Waals surface area contributed by atoms with E-state index in [1.54, 1.807) is 13.8 Å². The van der Waals surface area contributed by atoms with Crippen LogP contribution in [0.4, 0.5) is 4.79 Å². The van der Waals surface area contributed by atoms with Crippen LogP contribution in [0.2, 0.25) is 0 Å². The fourth-order valence-corrected chi connectivity index (χ4v) is 4.18. The van der Waals surface area contributed by atoms with Gasteiger partial charge >= 0.3 is 6.09 Å². The monoisotopic (exact) mass is 391 g/mol. The van der Waals surface area contributed by atoms with E-state index in [1.807, 2.05) is 13.8 Å². The summed E-state index contributed by atoms with van der Waals surface area (Å²) in [4.78, 5) is 24.0. The average molecular weight is 392 g/mol. The molecule has 26 heavy (non-hydrogen) atoms. The number of sulfonamides is 1. The summed E-state index contributed by atoms with van der Waals surface area (Å²) in [5, 5.41) is 5.67. The maximum absolute atomic E-state index is 12.4. The van der Waals surface area contributed by atoms with Crippen molar-refractivity contribution in [3.05, 3.63) is 0 Å². The van der Waals surface area contributed by atoms with Crippen molar-refractivity contribution < 1.29 is 22.7 Å². The first kappa shape index (κ1) is 22.7. The van der Waals surface area contributed by atoms with Crippen molar-refractivity contribution in [3.8, 4) is 0 Å². The zero-order valence-electron chi connectivity index (χ0n) is 16.3. The summed E-state index contributed by atoms with van der Waals surface area (Å²) < 4.78 is 30.1. The number of nitrogens with zero attached hydrogens (tertiary/aromatic N) is 1. The molecule has 1 heterocycles. The molecule has 152 valence electrons. The molecule has 0 aromatic carbocycles. The van der Waals surface area contributed by atoms with E-state index >= 15 is 0 Å². The van der Waals surface area contributed by atoms with E-state index in [2.05, 4.69) is 10.6 Å². The van der Waals surface area contributed by atoms with Gasteiger partial charge in [-0.25, -0.2) is 17.5 Å².